The molecule has 0 bridgehead atoms. The van der Waals surface area contributed by atoms with E-state index in [1.807, 2.05) is 17.9 Å². The molecular formula is C22H34IN7. The van der Waals surface area contributed by atoms with E-state index in [0.29, 0.717) is 6.54 Å². The smallest absolute Gasteiger partial charge is 0.191 e. The first-order chi connectivity index (χ1) is 14.0. The number of H-pyrrole nitrogens is 1. The molecule has 0 aliphatic heterocycles. The number of likely N-dealkylation sites (N-methyl/N-ethyl adjacent to an activating group) is 1. The number of para-hydroxylation sites is 1. The number of aryl methyl sites for hydroxylation is 2. The second-order valence-corrected chi connectivity index (χ2v) is 7.60. The fourth-order valence-corrected chi connectivity index (χ4v) is 3.66. The Bertz CT molecular complexity index is 957. The highest BCUT2D eigenvalue weighted by Gasteiger charge is 2.16. The monoisotopic (exact) mass is 523 g/mol. The lowest BCUT2D eigenvalue weighted by Gasteiger charge is -2.22. The summed E-state index contributed by atoms with van der Waals surface area (Å²) in [4.78, 5) is 10.5. The Kier molecular flexibility index (Phi) is 9.16. The quantitative estimate of drug-likeness (QED) is 0.241. The summed E-state index contributed by atoms with van der Waals surface area (Å²) in [6.45, 7) is 6.56. The molecule has 0 saturated carbocycles. The topological polar surface area (TPSA) is 73.3 Å². The number of aromatic amines is 1. The Morgan fingerprint density at radius 2 is 2.03 bits per heavy atom. The number of hydrogen-bond donors (Lipinski definition) is 3. The molecule has 3 rings (SSSR count). The molecule has 8 heteroatoms. The van der Waals surface area contributed by atoms with E-state index in [1.165, 1.54) is 27.7 Å². The maximum atomic E-state index is 4.83. The highest BCUT2D eigenvalue weighted by atomic mass is 127. The molecule has 3 aromatic rings. The summed E-state index contributed by atoms with van der Waals surface area (Å²) >= 11 is 0. The van der Waals surface area contributed by atoms with Gasteiger partial charge in [0.1, 0.15) is 0 Å². The maximum absolute atomic E-state index is 4.83. The van der Waals surface area contributed by atoms with Crippen molar-refractivity contribution in [3.63, 3.8) is 0 Å². The number of nitrogens with zero attached hydrogens (tertiary/aromatic N) is 4. The summed E-state index contributed by atoms with van der Waals surface area (Å²) in [5.41, 5.74) is 4.97. The lowest BCUT2D eigenvalue weighted by Crippen LogP contribution is -2.39. The minimum atomic E-state index is 0. The maximum Gasteiger partial charge on any atom is 0.191 e. The zero-order valence-electron chi connectivity index (χ0n) is 18.6. The number of fused-ring (bicyclic) bond motifs is 1. The van der Waals surface area contributed by atoms with Crippen molar-refractivity contribution in [1.29, 1.82) is 0 Å². The van der Waals surface area contributed by atoms with Crippen LogP contribution in [0.4, 0.5) is 0 Å². The van der Waals surface area contributed by atoms with E-state index in [2.05, 4.69) is 84.0 Å². The van der Waals surface area contributed by atoms with E-state index in [-0.39, 0.29) is 30.0 Å². The van der Waals surface area contributed by atoms with Crippen LogP contribution in [0, 0.1) is 6.92 Å². The zero-order valence-corrected chi connectivity index (χ0v) is 20.9. The van der Waals surface area contributed by atoms with E-state index in [4.69, 9.17) is 4.99 Å². The van der Waals surface area contributed by atoms with Gasteiger partial charge in [0.25, 0.3) is 0 Å². The fourth-order valence-electron chi connectivity index (χ4n) is 3.66. The Hall–Kier alpha value is -2.07. The van der Waals surface area contributed by atoms with Crippen LogP contribution in [0.5, 0.6) is 0 Å². The summed E-state index contributed by atoms with van der Waals surface area (Å²) in [7, 11) is 6.10. The number of guanidine groups is 1. The minimum absolute atomic E-state index is 0. The van der Waals surface area contributed by atoms with Crippen LogP contribution in [-0.2, 0) is 13.5 Å². The van der Waals surface area contributed by atoms with Gasteiger partial charge in [0.15, 0.2) is 5.96 Å². The van der Waals surface area contributed by atoms with Gasteiger partial charge in [-0.05, 0) is 46.0 Å². The molecule has 3 N–H and O–H groups in total. The summed E-state index contributed by atoms with van der Waals surface area (Å²) in [6.07, 6.45) is 4.92. The second kappa shape index (κ2) is 11.4. The predicted molar refractivity (Wildman–Crippen MR) is 136 cm³/mol. The normalized spacial score (nSPS) is 12.8. The van der Waals surface area contributed by atoms with E-state index in [9.17, 15) is 0 Å². The van der Waals surface area contributed by atoms with Crippen molar-refractivity contribution in [3.05, 3.63) is 53.5 Å². The summed E-state index contributed by atoms with van der Waals surface area (Å²) in [6, 6.07) is 8.67. The minimum Gasteiger partial charge on any atom is -0.358 e. The molecule has 30 heavy (non-hydrogen) atoms. The first kappa shape index (κ1) is 24.2. The van der Waals surface area contributed by atoms with Gasteiger partial charge in [0.2, 0.25) is 0 Å². The molecule has 0 aliphatic carbocycles. The number of rotatable bonds is 8. The summed E-state index contributed by atoms with van der Waals surface area (Å²) < 4.78 is 1.84. The molecule has 0 spiro atoms. The molecule has 2 heterocycles. The highest BCUT2D eigenvalue weighted by Crippen LogP contribution is 2.22. The molecule has 7 nitrogen and oxygen atoms in total. The number of halogens is 1. The van der Waals surface area contributed by atoms with Crippen LogP contribution in [0.15, 0.2) is 41.7 Å². The molecule has 0 saturated heterocycles. The molecule has 1 aromatic carbocycles. The number of nitrogens with one attached hydrogen (secondary N) is 3. The average molecular weight is 523 g/mol. The Balaban J connectivity index is 0.00000320. The van der Waals surface area contributed by atoms with E-state index in [1.54, 1.807) is 0 Å². The number of aromatic nitrogens is 3. The van der Waals surface area contributed by atoms with Crippen molar-refractivity contribution >= 4 is 40.8 Å². The van der Waals surface area contributed by atoms with Crippen LogP contribution < -0.4 is 10.6 Å². The fraction of sp³-hybridized carbons (Fsp3) is 0.455. The van der Waals surface area contributed by atoms with Crippen LogP contribution in [0.3, 0.4) is 0 Å². The summed E-state index contributed by atoms with van der Waals surface area (Å²) in [5, 5.41) is 12.5. The lowest BCUT2D eigenvalue weighted by atomic mass is 10.1. The van der Waals surface area contributed by atoms with Crippen molar-refractivity contribution in [1.82, 2.24) is 30.3 Å². The van der Waals surface area contributed by atoms with Crippen molar-refractivity contribution in [2.24, 2.45) is 12.0 Å². The van der Waals surface area contributed by atoms with Crippen LogP contribution in [-0.4, -0.2) is 59.4 Å². The molecule has 0 amide bonds. The zero-order chi connectivity index (χ0) is 20.8. The largest absolute Gasteiger partial charge is 0.358 e. The Morgan fingerprint density at radius 3 is 2.70 bits per heavy atom. The third kappa shape index (κ3) is 5.98. The molecule has 0 aliphatic rings. The van der Waals surface area contributed by atoms with Gasteiger partial charge in [-0.1, -0.05) is 18.2 Å². The van der Waals surface area contributed by atoms with E-state index in [0.717, 1.165) is 25.5 Å². The van der Waals surface area contributed by atoms with Crippen molar-refractivity contribution in [2.75, 3.05) is 33.7 Å². The third-order valence-corrected chi connectivity index (χ3v) is 5.19. The van der Waals surface area contributed by atoms with Crippen LogP contribution in [0.1, 0.15) is 29.8 Å². The average Bonchev–Trinajstić information content (AvgIpc) is 3.24. The molecule has 0 radical (unpaired) electrons. The van der Waals surface area contributed by atoms with Gasteiger partial charge in [-0.15, -0.1) is 24.0 Å². The molecule has 2 aromatic heterocycles. The second-order valence-electron chi connectivity index (χ2n) is 7.60. The van der Waals surface area contributed by atoms with Gasteiger partial charge < -0.3 is 20.5 Å². The van der Waals surface area contributed by atoms with E-state index >= 15 is 0 Å². The van der Waals surface area contributed by atoms with Crippen molar-refractivity contribution in [3.8, 4) is 0 Å². The van der Waals surface area contributed by atoms with Gasteiger partial charge in [-0.3, -0.25) is 9.67 Å². The first-order valence-electron chi connectivity index (χ1n) is 10.2. The molecule has 164 valence electrons. The van der Waals surface area contributed by atoms with Crippen LogP contribution in [0.25, 0.3) is 10.9 Å². The third-order valence-electron chi connectivity index (χ3n) is 5.19. The molecule has 1 atom stereocenters. The van der Waals surface area contributed by atoms with Crippen LogP contribution >= 0.6 is 24.0 Å². The Morgan fingerprint density at radius 1 is 1.27 bits per heavy atom. The lowest BCUT2D eigenvalue weighted by molar-refractivity contribution is 0.306. The van der Waals surface area contributed by atoms with E-state index < -0.39 is 0 Å². The number of aliphatic imine (C=N–C) groups is 1. The first-order valence-corrected chi connectivity index (χ1v) is 10.2. The Labute approximate surface area is 196 Å². The highest BCUT2D eigenvalue weighted by molar-refractivity contribution is 14.0. The number of benzene rings is 1. The number of hydrogen-bond acceptors (Lipinski definition) is 3. The van der Waals surface area contributed by atoms with Gasteiger partial charge in [0, 0.05) is 48.5 Å². The van der Waals surface area contributed by atoms with Crippen molar-refractivity contribution in [2.45, 2.75) is 26.3 Å². The predicted octanol–water partition coefficient (Wildman–Crippen LogP) is 3.23. The summed E-state index contributed by atoms with van der Waals surface area (Å²) in [5.74, 6) is 0.848. The molecule has 1 unspecified atom stereocenters. The van der Waals surface area contributed by atoms with Crippen molar-refractivity contribution < 1.29 is 0 Å². The van der Waals surface area contributed by atoms with Gasteiger partial charge in [0.05, 0.1) is 18.8 Å². The SMILES string of the molecule is CCNC(=NCC(c1cnn(C)c1)N(C)C)NCCc1c(C)[nH]c2ccccc12.I. The van der Waals surface area contributed by atoms with Crippen LogP contribution in [0.2, 0.25) is 0 Å². The molecular weight excluding hydrogens is 489 g/mol. The standard InChI is InChI=1S/C22H33N7.HI/c1-6-23-22(25-14-21(28(3)4)17-13-26-29(5)15-17)24-12-11-18-16(2)27-20-10-8-7-9-19(18)20;/h7-10,13,15,21,27H,6,11-12,14H2,1-5H3,(H2,23,24,25);1H. The molecule has 0 fully saturated rings. The van der Waals surface area contributed by atoms with Gasteiger partial charge in [-0.25, -0.2) is 0 Å². The van der Waals surface area contributed by atoms with Gasteiger partial charge >= 0.3 is 0 Å². The van der Waals surface area contributed by atoms with Gasteiger partial charge in [-0.2, -0.15) is 5.10 Å².